The molecule has 7 nitrogen and oxygen atoms in total. The summed E-state index contributed by atoms with van der Waals surface area (Å²) in [5.41, 5.74) is 0.109. The molecule has 0 saturated heterocycles. The Morgan fingerprint density at radius 3 is 2.68 bits per heavy atom. The van der Waals surface area contributed by atoms with Crippen molar-refractivity contribution >= 4 is 34.9 Å². The van der Waals surface area contributed by atoms with Crippen LogP contribution in [0.2, 0.25) is 0 Å². The molecular formula is C22H22FNO6S. The minimum Gasteiger partial charge on any atom is -0.492 e. The van der Waals surface area contributed by atoms with Gasteiger partial charge in [-0.05, 0) is 54.2 Å². The molecule has 1 fully saturated rings. The van der Waals surface area contributed by atoms with E-state index in [0.29, 0.717) is 18.1 Å². The predicted molar refractivity (Wildman–Crippen MR) is 113 cm³/mol. The first-order chi connectivity index (χ1) is 14.6. The Balaban J connectivity index is 1.90. The molecule has 2 N–H and O–H groups in total. The van der Waals surface area contributed by atoms with Crippen LogP contribution in [0.25, 0.3) is 0 Å². The number of hydrogen-bond donors (Lipinski definition) is 2. The summed E-state index contributed by atoms with van der Waals surface area (Å²) in [6.45, 7) is 3.73. The van der Waals surface area contributed by atoms with E-state index >= 15 is 0 Å². The van der Waals surface area contributed by atoms with Crippen LogP contribution in [0.1, 0.15) is 47.7 Å². The van der Waals surface area contributed by atoms with Gasteiger partial charge >= 0.3 is 5.97 Å². The summed E-state index contributed by atoms with van der Waals surface area (Å²) in [4.78, 5) is 23.6. The fourth-order valence-corrected chi connectivity index (χ4v) is 4.81. The summed E-state index contributed by atoms with van der Waals surface area (Å²) >= 11 is -2.67. The number of anilines is 2. The normalized spacial score (nSPS) is 20.1. The number of halogens is 1. The average Bonchev–Trinajstić information content (AvgIpc) is 3.49. The molecule has 3 atom stereocenters. The Bertz CT molecular complexity index is 1100. The molecular weight excluding hydrogens is 425 g/mol. The van der Waals surface area contributed by atoms with Gasteiger partial charge in [-0.15, -0.1) is 0 Å². The molecule has 2 aromatic rings. The highest BCUT2D eigenvalue weighted by atomic mass is 32.2. The van der Waals surface area contributed by atoms with Gasteiger partial charge in [0.2, 0.25) is 0 Å². The lowest BCUT2D eigenvalue weighted by atomic mass is 9.86. The molecule has 1 aliphatic heterocycles. The van der Waals surface area contributed by atoms with Crippen LogP contribution < -0.4 is 9.04 Å². The molecule has 1 unspecified atom stereocenters. The van der Waals surface area contributed by atoms with E-state index in [4.69, 9.17) is 4.74 Å². The van der Waals surface area contributed by atoms with E-state index in [1.807, 2.05) is 0 Å². The summed E-state index contributed by atoms with van der Waals surface area (Å²) in [7, 11) is 0. The lowest BCUT2D eigenvalue weighted by Gasteiger charge is -2.28. The minimum atomic E-state index is -2.67. The molecule has 0 bridgehead atoms. The predicted octanol–water partition coefficient (Wildman–Crippen LogP) is 4.06. The minimum absolute atomic E-state index is 0.0389. The van der Waals surface area contributed by atoms with E-state index in [9.17, 15) is 27.8 Å². The molecule has 0 amide bonds. The van der Waals surface area contributed by atoms with E-state index in [-0.39, 0.29) is 35.0 Å². The highest BCUT2D eigenvalue weighted by molar-refractivity contribution is 7.81. The van der Waals surface area contributed by atoms with Gasteiger partial charge in [0.1, 0.15) is 23.4 Å². The van der Waals surface area contributed by atoms with Gasteiger partial charge in [-0.2, -0.15) is 0 Å². The summed E-state index contributed by atoms with van der Waals surface area (Å²) in [6, 6.07) is 6.82. The summed E-state index contributed by atoms with van der Waals surface area (Å²) in [6.07, 6.45) is 1.73. The number of aromatic carboxylic acids is 1. The maximum Gasteiger partial charge on any atom is 0.341 e. The van der Waals surface area contributed by atoms with Crippen molar-refractivity contribution in [2.24, 2.45) is 11.3 Å². The van der Waals surface area contributed by atoms with Crippen LogP contribution in [0, 0.1) is 17.2 Å². The second-order valence-electron chi connectivity index (χ2n) is 8.68. The zero-order valence-electron chi connectivity index (χ0n) is 17.0. The molecule has 9 heteroatoms. The molecule has 0 radical (unpaired) electrons. The van der Waals surface area contributed by atoms with Gasteiger partial charge in [-0.1, -0.05) is 19.9 Å². The smallest absolute Gasteiger partial charge is 0.341 e. The van der Waals surface area contributed by atoms with Crippen LogP contribution in [0.4, 0.5) is 15.8 Å². The number of rotatable bonds is 7. The van der Waals surface area contributed by atoms with Gasteiger partial charge < -0.3 is 14.6 Å². The van der Waals surface area contributed by atoms with Crippen LogP contribution in [0.3, 0.4) is 0 Å². The average molecular weight is 447 g/mol. The van der Waals surface area contributed by atoms with Gasteiger partial charge in [0.05, 0.1) is 18.0 Å². The van der Waals surface area contributed by atoms with Crippen molar-refractivity contribution < 1.29 is 32.6 Å². The number of carbonyl (C=O) groups excluding carboxylic acids is 1. The topological polar surface area (TPSA) is 104 Å². The molecule has 4 rings (SSSR count). The monoisotopic (exact) mass is 447 g/mol. The van der Waals surface area contributed by atoms with Gasteiger partial charge in [0.25, 0.3) is 11.3 Å². The second kappa shape index (κ2) is 7.72. The van der Waals surface area contributed by atoms with Crippen molar-refractivity contribution in [3.05, 3.63) is 52.8 Å². The van der Waals surface area contributed by atoms with Crippen molar-refractivity contribution in [3.8, 4) is 5.75 Å². The third-order valence-electron chi connectivity index (χ3n) is 5.74. The quantitative estimate of drug-likeness (QED) is 0.490. The van der Waals surface area contributed by atoms with Gasteiger partial charge in [-0.3, -0.25) is 4.55 Å². The molecule has 164 valence electrons. The first kappa shape index (κ1) is 21.5. The van der Waals surface area contributed by atoms with Crippen molar-refractivity contribution in [2.75, 3.05) is 10.9 Å². The first-order valence-corrected chi connectivity index (χ1v) is 10.9. The number of aldehydes is 1. The van der Waals surface area contributed by atoms with Gasteiger partial charge in [0.15, 0.2) is 0 Å². The number of benzene rings is 2. The van der Waals surface area contributed by atoms with Gasteiger partial charge in [-0.25, -0.2) is 17.7 Å². The van der Waals surface area contributed by atoms with Crippen molar-refractivity contribution in [1.82, 2.24) is 0 Å². The summed E-state index contributed by atoms with van der Waals surface area (Å²) in [5.74, 6) is -1.05. The lowest BCUT2D eigenvalue weighted by Crippen LogP contribution is -2.26. The number of hydrogen-bond acceptors (Lipinski definition) is 4. The Kier molecular flexibility index (Phi) is 5.35. The summed E-state index contributed by atoms with van der Waals surface area (Å²) < 4.78 is 43.2. The van der Waals surface area contributed by atoms with Crippen LogP contribution in [0.15, 0.2) is 30.3 Å². The number of carboxylic acids is 1. The second-order valence-corrected chi connectivity index (χ2v) is 9.50. The molecule has 31 heavy (non-hydrogen) atoms. The maximum absolute atomic E-state index is 14.0. The van der Waals surface area contributed by atoms with Crippen LogP contribution in [-0.4, -0.2) is 32.7 Å². The molecule has 1 aliphatic carbocycles. The molecule has 0 spiro atoms. The van der Waals surface area contributed by atoms with E-state index in [0.717, 1.165) is 28.6 Å². The molecule has 1 heterocycles. The number of ether oxygens (including phenoxy) is 1. The fraction of sp³-hybridized carbons (Fsp3) is 0.364. The number of fused-ring (bicyclic) bond motifs is 3. The molecule has 2 aromatic carbocycles. The number of nitrogens with zero attached hydrogens (tertiary/aromatic N) is 1. The van der Waals surface area contributed by atoms with E-state index in [2.05, 4.69) is 0 Å². The number of carbonyl (C=O) groups is 2. The highest BCUT2D eigenvalue weighted by Gasteiger charge is 2.46. The Morgan fingerprint density at radius 2 is 2.03 bits per heavy atom. The lowest BCUT2D eigenvalue weighted by molar-refractivity contribution is -0.114. The largest absolute Gasteiger partial charge is 0.492 e. The summed E-state index contributed by atoms with van der Waals surface area (Å²) in [5, 5.41) is 9.94. The van der Waals surface area contributed by atoms with Crippen molar-refractivity contribution in [1.29, 1.82) is 0 Å². The number of carboxylic acid groups (broad SMARTS) is 1. The zero-order chi connectivity index (χ0) is 22.5. The standard InChI is InChI=1S/C22H22FNO6S/c1-22(2,11-25)9-12-7-14(23)3-5-17(12)24(31(28)29)18-6-4-15-16-8-13(16)10-30-20(15)19(18)21(26)27/h3-7,11,13,16H,8-10H2,1-2H3,(H,26,27)(H,28,29)/t13-,16-/m0/s1. The van der Waals surface area contributed by atoms with Crippen LogP contribution in [0.5, 0.6) is 5.75 Å². The Labute approximate surface area is 181 Å². The van der Waals surface area contributed by atoms with E-state index < -0.39 is 28.5 Å². The maximum atomic E-state index is 14.0. The highest BCUT2D eigenvalue weighted by Crippen LogP contribution is 2.56. The third kappa shape index (κ3) is 3.95. The molecule has 2 aliphatic rings. The van der Waals surface area contributed by atoms with E-state index in [1.165, 1.54) is 18.2 Å². The molecule has 1 saturated carbocycles. The Morgan fingerprint density at radius 1 is 1.32 bits per heavy atom. The van der Waals surface area contributed by atoms with Crippen molar-refractivity contribution in [2.45, 2.75) is 32.6 Å². The molecule has 0 aromatic heterocycles. The first-order valence-electron chi connectivity index (χ1n) is 9.82. The van der Waals surface area contributed by atoms with E-state index in [1.54, 1.807) is 19.9 Å². The zero-order valence-corrected chi connectivity index (χ0v) is 17.8. The third-order valence-corrected chi connectivity index (χ3v) is 6.45. The SMILES string of the molecule is CC(C)(C=O)Cc1cc(F)ccc1N(c1ccc2c(c1C(=O)O)OC[C@@H]1C[C@H]21)S(=O)O. The fourth-order valence-electron chi connectivity index (χ4n) is 4.14. The van der Waals surface area contributed by atoms with Gasteiger partial charge in [0, 0.05) is 11.3 Å². The Hall–Kier alpha value is -2.78. The van der Waals surface area contributed by atoms with Crippen LogP contribution in [-0.2, 0) is 22.5 Å². The van der Waals surface area contributed by atoms with Crippen LogP contribution >= 0.6 is 0 Å². The van der Waals surface area contributed by atoms with Crippen molar-refractivity contribution in [3.63, 3.8) is 0 Å².